The zero-order chi connectivity index (χ0) is 7.82. The minimum Gasteiger partial charge on any atom is -0.481 e. The Morgan fingerprint density at radius 2 is 1.73 bits per heavy atom. The van der Waals surface area contributed by atoms with Gasteiger partial charge in [-0.1, -0.05) is 32.6 Å². The zero-order valence-corrected chi connectivity index (χ0v) is 9.34. The van der Waals surface area contributed by atoms with Crippen LogP contribution in [-0.4, -0.2) is 34.7 Å². The van der Waals surface area contributed by atoms with Crippen LogP contribution in [0.2, 0.25) is 0 Å². The summed E-state index contributed by atoms with van der Waals surface area (Å²) in [6.45, 7) is 2.15. The van der Waals surface area contributed by atoms with Crippen LogP contribution in [0.4, 0.5) is 0 Å². The van der Waals surface area contributed by atoms with Crippen LogP contribution in [0.25, 0.3) is 0 Å². The maximum Gasteiger partial charge on any atom is 0.303 e. The maximum atomic E-state index is 10.0. The molecule has 0 unspecified atom stereocenters. The van der Waals surface area contributed by atoms with E-state index in [-0.39, 0.29) is 23.7 Å². The van der Waals surface area contributed by atoms with Gasteiger partial charge in [0.05, 0.1) is 0 Å². The molecule has 11 heavy (non-hydrogen) atoms. The van der Waals surface area contributed by atoms with E-state index in [4.69, 9.17) is 5.11 Å². The summed E-state index contributed by atoms with van der Waals surface area (Å²) in [7, 11) is 0. The SMILES string of the molecule is CCCCCCCC(=O)O.[Te]. The van der Waals surface area contributed by atoms with Gasteiger partial charge >= 0.3 is 5.97 Å². The molecule has 0 heterocycles. The van der Waals surface area contributed by atoms with Crippen molar-refractivity contribution in [2.45, 2.75) is 45.4 Å². The van der Waals surface area contributed by atoms with E-state index in [0.29, 0.717) is 6.42 Å². The number of aliphatic carboxylic acids is 1. The number of carbonyl (C=O) groups is 1. The van der Waals surface area contributed by atoms with Gasteiger partial charge in [0.2, 0.25) is 0 Å². The molecule has 0 aromatic rings. The first-order valence-corrected chi connectivity index (χ1v) is 3.99. The van der Waals surface area contributed by atoms with Gasteiger partial charge in [0.1, 0.15) is 0 Å². The van der Waals surface area contributed by atoms with Gasteiger partial charge in [-0.15, -0.1) is 0 Å². The van der Waals surface area contributed by atoms with Crippen molar-refractivity contribution >= 4 is 29.6 Å². The molecule has 0 aliphatic carbocycles. The van der Waals surface area contributed by atoms with E-state index in [1.165, 1.54) is 19.3 Å². The van der Waals surface area contributed by atoms with Crippen molar-refractivity contribution in [3.63, 3.8) is 0 Å². The number of carboxylic acid groups (broad SMARTS) is 1. The van der Waals surface area contributed by atoms with Gasteiger partial charge in [-0.3, -0.25) is 4.79 Å². The van der Waals surface area contributed by atoms with Crippen molar-refractivity contribution in [3.05, 3.63) is 0 Å². The molecular weight excluding hydrogens is 256 g/mol. The van der Waals surface area contributed by atoms with Crippen molar-refractivity contribution in [1.82, 2.24) is 0 Å². The fraction of sp³-hybridized carbons (Fsp3) is 0.875. The number of rotatable bonds is 6. The molecule has 0 rings (SSSR count). The van der Waals surface area contributed by atoms with Gasteiger partial charge in [-0.2, -0.15) is 0 Å². The van der Waals surface area contributed by atoms with Crippen molar-refractivity contribution < 1.29 is 9.90 Å². The Bertz CT molecular complexity index is 94.1. The largest absolute Gasteiger partial charge is 0.481 e. The first-order chi connectivity index (χ1) is 4.77. The Morgan fingerprint density at radius 3 is 2.18 bits per heavy atom. The van der Waals surface area contributed by atoms with Gasteiger partial charge in [0.15, 0.2) is 0 Å². The molecule has 66 valence electrons. The Hall–Kier alpha value is 0.260. The second-order valence-electron chi connectivity index (χ2n) is 2.56. The molecule has 0 fully saturated rings. The monoisotopic (exact) mass is 274 g/mol. The summed E-state index contributed by atoms with van der Waals surface area (Å²) in [6.07, 6.45) is 5.88. The van der Waals surface area contributed by atoms with Crippen LogP contribution in [0.15, 0.2) is 0 Å². The maximum absolute atomic E-state index is 10.0. The van der Waals surface area contributed by atoms with Crippen LogP contribution in [0.1, 0.15) is 45.4 Å². The molecule has 0 aliphatic rings. The smallest absolute Gasteiger partial charge is 0.303 e. The third-order valence-electron chi connectivity index (χ3n) is 1.49. The van der Waals surface area contributed by atoms with Crippen molar-refractivity contribution in [3.8, 4) is 0 Å². The topological polar surface area (TPSA) is 37.3 Å². The van der Waals surface area contributed by atoms with E-state index in [9.17, 15) is 4.79 Å². The minimum atomic E-state index is -0.670. The fourth-order valence-corrected chi connectivity index (χ4v) is 0.880. The predicted molar refractivity (Wildman–Crippen MR) is 46.8 cm³/mol. The first-order valence-electron chi connectivity index (χ1n) is 3.99. The Labute approximate surface area is 85.1 Å². The summed E-state index contributed by atoms with van der Waals surface area (Å²) >= 11 is 0. The predicted octanol–water partition coefficient (Wildman–Crippen LogP) is 2.05. The van der Waals surface area contributed by atoms with Crippen LogP contribution in [0, 0.1) is 0 Å². The molecule has 0 aromatic carbocycles. The van der Waals surface area contributed by atoms with Crippen LogP contribution in [0.5, 0.6) is 0 Å². The fourth-order valence-electron chi connectivity index (χ4n) is 0.880. The summed E-state index contributed by atoms with van der Waals surface area (Å²) in [6, 6.07) is 0. The molecule has 0 atom stereocenters. The molecule has 2 nitrogen and oxygen atoms in total. The molecule has 0 aromatic heterocycles. The van der Waals surface area contributed by atoms with Gasteiger partial charge < -0.3 is 5.11 Å². The normalized spacial score (nSPS) is 8.82. The van der Waals surface area contributed by atoms with Gasteiger partial charge in [-0.05, 0) is 6.42 Å². The molecule has 2 radical (unpaired) electrons. The molecule has 0 amide bonds. The third-order valence-corrected chi connectivity index (χ3v) is 1.49. The number of unbranched alkanes of at least 4 members (excludes halogenated alkanes) is 4. The van der Waals surface area contributed by atoms with Gasteiger partial charge in [0, 0.05) is 30.1 Å². The van der Waals surface area contributed by atoms with E-state index >= 15 is 0 Å². The Kier molecular flexibility index (Phi) is 12.9. The Balaban J connectivity index is 0. The van der Waals surface area contributed by atoms with E-state index in [1.807, 2.05) is 0 Å². The number of hydrogen-bond donors (Lipinski definition) is 1. The molecule has 0 aliphatic heterocycles. The van der Waals surface area contributed by atoms with E-state index in [2.05, 4.69) is 6.92 Å². The molecular formula is C8H16O2Te. The van der Waals surface area contributed by atoms with Crippen LogP contribution in [-0.2, 0) is 4.79 Å². The van der Waals surface area contributed by atoms with Crippen LogP contribution < -0.4 is 0 Å². The van der Waals surface area contributed by atoms with E-state index < -0.39 is 5.97 Å². The Morgan fingerprint density at radius 1 is 1.18 bits per heavy atom. The van der Waals surface area contributed by atoms with E-state index in [1.54, 1.807) is 0 Å². The van der Waals surface area contributed by atoms with Crippen molar-refractivity contribution in [2.75, 3.05) is 0 Å². The van der Waals surface area contributed by atoms with Gasteiger partial charge in [-0.25, -0.2) is 0 Å². The second-order valence-corrected chi connectivity index (χ2v) is 2.56. The molecule has 0 bridgehead atoms. The molecule has 0 saturated carbocycles. The molecule has 0 spiro atoms. The summed E-state index contributed by atoms with van der Waals surface area (Å²) < 4.78 is 0. The summed E-state index contributed by atoms with van der Waals surface area (Å²) in [5.74, 6) is -0.670. The van der Waals surface area contributed by atoms with E-state index in [0.717, 1.165) is 12.8 Å². The molecule has 1 N–H and O–H groups in total. The zero-order valence-electron chi connectivity index (χ0n) is 7.01. The summed E-state index contributed by atoms with van der Waals surface area (Å²) in [4.78, 5) is 10.0. The number of carboxylic acids is 1. The molecule has 3 heteroatoms. The van der Waals surface area contributed by atoms with Crippen molar-refractivity contribution in [2.24, 2.45) is 0 Å². The summed E-state index contributed by atoms with van der Waals surface area (Å²) in [5, 5.41) is 8.27. The van der Waals surface area contributed by atoms with Crippen LogP contribution >= 0.6 is 0 Å². The van der Waals surface area contributed by atoms with Crippen molar-refractivity contribution in [1.29, 1.82) is 0 Å². The number of hydrogen-bond acceptors (Lipinski definition) is 1. The van der Waals surface area contributed by atoms with Gasteiger partial charge in [0.25, 0.3) is 0 Å². The molecule has 0 saturated heterocycles. The summed E-state index contributed by atoms with van der Waals surface area (Å²) in [5.41, 5.74) is 0. The standard InChI is InChI=1S/C8H16O2.Te/c1-2-3-4-5-6-7-8(9)10;/h2-7H2,1H3,(H,9,10);. The first kappa shape index (κ1) is 13.8. The quantitative estimate of drug-likeness (QED) is 0.593. The van der Waals surface area contributed by atoms with Crippen LogP contribution in [0.3, 0.4) is 0 Å². The average molecular weight is 272 g/mol. The minimum absolute atomic E-state index is 0. The third kappa shape index (κ3) is 13.3. The average Bonchev–Trinajstić information content (AvgIpc) is 1.87. The second kappa shape index (κ2) is 10.3.